The summed E-state index contributed by atoms with van der Waals surface area (Å²) in [5.74, 6) is 0.784. The van der Waals surface area contributed by atoms with Gasteiger partial charge in [0, 0.05) is 56.5 Å². The fraction of sp³-hybridized carbons (Fsp3) is 0.471. The van der Waals surface area contributed by atoms with E-state index in [1.165, 1.54) is 33.8 Å². The van der Waals surface area contributed by atoms with Crippen molar-refractivity contribution in [1.29, 1.82) is 0 Å². The van der Waals surface area contributed by atoms with Crippen molar-refractivity contribution in [2.24, 2.45) is 10.8 Å². The molecule has 0 saturated carbocycles. The number of unbranched alkanes of at least 4 members (excludes halogenated alkanes) is 10. The highest BCUT2D eigenvalue weighted by Crippen LogP contribution is 2.53. The van der Waals surface area contributed by atoms with Gasteiger partial charge in [0.15, 0.2) is 0 Å². The van der Waals surface area contributed by atoms with Gasteiger partial charge in [-0.3, -0.25) is 29.0 Å². The average molecular weight is 1020 g/mol. The highest BCUT2D eigenvalue weighted by atomic mass is 16.5. The van der Waals surface area contributed by atoms with Crippen LogP contribution >= 0.6 is 0 Å². The molecule has 0 aromatic heterocycles. The first kappa shape index (κ1) is 54.5. The van der Waals surface area contributed by atoms with Crippen molar-refractivity contribution < 1.29 is 28.7 Å². The van der Waals surface area contributed by atoms with Crippen molar-refractivity contribution in [2.75, 3.05) is 13.1 Å². The molecule has 4 amide bonds. The predicted octanol–water partition coefficient (Wildman–Crippen LogP) is 18.7. The zero-order valence-corrected chi connectivity index (χ0v) is 47.7. The van der Waals surface area contributed by atoms with Gasteiger partial charge in [-0.15, -0.1) is 0 Å². The smallest absolute Gasteiger partial charge is 0.261 e. The topological polar surface area (TPSA) is 93.2 Å². The Morgan fingerprint density at radius 1 is 0.368 bits per heavy atom. The summed E-state index contributed by atoms with van der Waals surface area (Å²) in [7, 11) is 0. The first-order valence-corrected chi connectivity index (χ1v) is 28.6. The molecular weight excluding hydrogens is 941 g/mol. The normalized spacial score (nSPS) is 14.4. The lowest BCUT2D eigenvalue weighted by molar-refractivity contribution is 0.0592. The number of amides is 4. The molecule has 2 aliphatic heterocycles. The van der Waals surface area contributed by atoms with Gasteiger partial charge >= 0.3 is 0 Å². The molecule has 8 nitrogen and oxygen atoms in total. The molecular formula is C68H82N2O6. The van der Waals surface area contributed by atoms with Gasteiger partial charge in [-0.2, -0.15) is 0 Å². The van der Waals surface area contributed by atoms with Crippen molar-refractivity contribution in [1.82, 2.24) is 9.80 Å². The number of fused-ring (bicyclic) bond motifs is 2. The summed E-state index contributed by atoms with van der Waals surface area (Å²) in [4.78, 5) is 62.4. The molecule has 8 heteroatoms. The molecule has 0 radical (unpaired) electrons. The zero-order valence-electron chi connectivity index (χ0n) is 47.7. The number of nitrogens with zero attached hydrogens (tertiary/aromatic N) is 2. The SMILES string of the molecule is CCCCCCCCN1C(=O)c2ccc3c4c(Oc5ccc(C(C)(C)CC(C)(C)C)cc5)cc5c6c(ccc(c7c(Oc8ccc(C(C)(C)CC(C)(C)C)cc8)cc(c2c37)C1=O)c64)C(=O)N(CCCCCCCC)C5=O. The first-order valence-electron chi connectivity index (χ1n) is 28.6. The van der Waals surface area contributed by atoms with Crippen LogP contribution in [-0.4, -0.2) is 46.5 Å². The number of ether oxygens (including phenoxy) is 2. The van der Waals surface area contributed by atoms with Crippen LogP contribution < -0.4 is 9.47 Å². The van der Waals surface area contributed by atoms with E-state index >= 15 is 9.59 Å². The van der Waals surface area contributed by atoms with Gasteiger partial charge in [0.1, 0.15) is 23.0 Å². The second kappa shape index (κ2) is 21.3. The first-order chi connectivity index (χ1) is 36.0. The van der Waals surface area contributed by atoms with E-state index in [0.29, 0.717) is 90.7 Å². The summed E-state index contributed by atoms with van der Waals surface area (Å²) >= 11 is 0. The van der Waals surface area contributed by atoms with Crippen LogP contribution in [0.1, 0.15) is 226 Å². The summed E-state index contributed by atoms with van der Waals surface area (Å²) in [5.41, 5.74) is 4.17. The van der Waals surface area contributed by atoms with Gasteiger partial charge in [0.25, 0.3) is 23.6 Å². The lowest BCUT2D eigenvalue weighted by Gasteiger charge is -2.33. The monoisotopic (exact) mass is 1020 g/mol. The minimum atomic E-state index is -0.345. The summed E-state index contributed by atoms with van der Waals surface area (Å²) in [6, 6.07) is 27.8. The van der Waals surface area contributed by atoms with Crippen molar-refractivity contribution in [2.45, 2.75) is 184 Å². The molecule has 0 unspecified atom stereocenters. The van der Waals surface area contributed by atoms with Crippen LogP contribution in [0.25, 0.3) is 43.1 Å². The fourth-order valence-electron chi connectivity index (χ4n) is 13.2. The Hall–Kier alpha value is -6.28. The van der Waals surface area contributed by atoms with Gasteiger partial charge in [-0.25, -0.2) is 0 Å². The highest BCUT2D eigenvalue weighted by Gasteiger charge is 2.39. The number of carbonyl (C=O) groups excluding carboxylic acids is 4. The van der Waals surface area contributed by atoms with Crippen LogP contribution in [0.3, 0.4) is 0 Å². The fourth-order valence-corrected chi connectivity index (χ4v) is 13.2. The van der Waals surface area contributed by atoms with Crippen LogP contribution in [0.5, 0.6) is 23.0 Å². The summed E-state index contributed by atoms with van der Waals surface area (Å²) < 4.78 is 14.1. The van der Waals surface area contributed by atoms with Gasteiger partial charge in [-0.1, -0.05) is 184 Å². The highest BCUT2D eigenvalue weighted by molar-refractivity contribution is 6.43. The Labute approximate surface area is 452 Å². The second-order valence-corrected chi connectivity index (χ2v) is 26.0. The number of imide groups is 2. The molecule has 76 heavy (non-hydrogen) atoms. The summed E-state index contributed by atoms with van der Waals surface area (Å²) in [5, 5.41) is 5.39. The van der Waals surface area contributed by atoms with Crippen molar-refractivity contribution in [3.63, 3.8) is 0 Å². The van der Waals surface area contributed by atoms with E-state index in [9.17, 15) is 9.59 Å². The number of hydrogen-bond donors (Lipinski definition) is 0. The quantitative estimate of drug-likeness (QED) is 0.0291. The Kier molecular flexibility index (Phi) is 15.3. The molecule has 7 aromatic carbocycles. The minimum Gasteiger partial charge on any atom is -0.457 e. The standard InChI is InChI=1S/C68H82N2O6/c1-13-15-17-19-21-23-37-69-61(71)49-35-33-47-58-54(76-46-31-27-44(28-32-46)68(11,12)42-66(6,7)8)40-52-56-50(62(72)70(64(52)74)38-24-22-20-18-16-14-2)36-34-48(60(56)58)57-53(39-51(63(69)73)55(49)59(47)57)75-45-29-25-43(26-30-45)67(9,10)41-65(3,4)5/h25-36,39-40H,13-24,37-38,41-42H2,1-12H3. The molecule has 0 bridgehead atoms. The molecule has 2 aliphatic rings. The molecule has 0 saturated heterocycles. The van der Waals surface area contributed by atoms with E-state index in [2.05, 4.69) is 107 Å². The van der Waals surface area contributed by atoms with Gasteiger partial charge in [-0.05, 0) is 118 Å². The molecule has 0 fully saturated rings. The van der Waals surface area contributed by atoms with Gasteiger partial charge in [0.2, 0.25) is 0 Å². The lowest BCUT2D eigenvalue weighted by Crippen LogP contribution is -2.41. The lowest BCUT2D eigenvalue weighted by atomic mass is 9.72. The third kappa shape index (κ3) is 10.7. The van der Waals surface area contributed by atoms with Crippen LogP contribution in [0.4, 0.5) is 0 Å². The van der Waals surface area contributed by atoms with E-state index in [0.717, 1.165) is 87.8 Å². The molecule has 0 atom stereocenters. The average Bonchev–Trinajstić information content (AvgIpc) is 3.41. The summed E-state index contributed by atoms with van der Waals surface area (Å²) in [6.45, 7) is 27.7. The third-order valence-electron chi connectivity index (χ3n) is 16.1. The van der Waals surface area contributed by atoms with Crippen LogP contribution in [0, 0.1) is 10.8 Å². The van der Waals surface area contributed by atoms with Gasteiger partial charge < -0.3 is 9.47 Å². The van der Waals surface area contributed by atoms with Crippen molar-refractivity contribution in [3.8, 4) is 23.0 Å². The number of hydrogen-bond acceptors (Lipinski definition) is 6. The van der Waals surface area contributed by atoms with Crippen LogP contribution in [0.2, 0.25) is 0 Å². The van der Waals surface area contributed by atoms with Crippen molar-refractivity contribution in [3.05, 3.63) is 118 Å². The maximum Gasteiger partial charge on any atom is 0.261 e. The van der Waals surface area contributed by atoms with E-state index in [4.69, 9.17) is 9.47 Å². The van der Waals surface area contributed by atoms with E-state index < -0.39 is 0 Å². The molecule has 9 rings (SSSR count). The minimum absolute atomic E-state index is 0.0941. The Bertz CT molecular complexity index is 3110. The second-order valence-electron chi connectivity index (χ2n) is 26.0. The summed E-state index contributed by atoms with van der Waals surface area (Å²) in [6.07, 6.45) is 14.3. The predicted molar refractivity (Wildman–Crippen MR) is 312 cm³/mol. The Morgan fingerprint density at radius 2 is 0.697 bits per heavy atom. The molecule has 2 heterocycles. The largest absolute Gasteiger partial charge is 0.457 e. The molecule has 0 spiro atoms. The van der Waals surface area contributed by atoms with E-state index in [-0.39, 0.29) is 45.3 Å². The molecule has 7 aromatic rings. The van der Waals surface area contributed by atoms with Crippen LogP contribution in [0.15, 0.2) is 84.9 Å². The maximum absolute atomic E-state index is 15.0. The Balaban J connectivity index is 1.26. The molecule has 400 valence electrons. The van der Waals surface area contributed by atoms with E-state index in [1.807, 2.05) is 60.7 Å². The maximum atomic E-state index is 15.0. The van der Waals surface area contributed by atoms with Crippen molar-refractivity contribution >= 4 is 66.7 Å². The number of rotatable bonds is 22. The molecule has 0 N–H and O–H groups in total. The zero-order chi connectivity index (χ0) is 54.5. The van der Waals surface area contributed by atoms with Gasteiger partial charge in [0.05, 0.1) is 11.1 Å². The number of carbonyl (C=O) groups is 4. The van der Waals surface area contributed by atoms with E-state index in [1.54, 1.807) is 0 Å². The van der Waals surface area contributed by atoms with Crippen LogP contribution in [-0.2, 0) is 10.8 Å². The third-order valence-corrected chi connectivity index (χ3v) is 16.1. The number of benzene rings is 7. The Morgan fingerprint density at radius 3 is 1.04 bits per heavy atom. The molecule has 0 aliphatic carbocycles.